The predicted molar refractivity (Wildman–Crippen MR) is 68.3 cm³/mol. The molecule has 4 heteroatoms. The first-order valence-electron chi connectivity index (χ1n) is 5.34. The number of carbonyl (C=O) groups excluding carboxylic acids is 1. The molecule has 0 radical (unpaired) electrons. The van der Waals surface area contributed by atoms with Crippen molar-refractivity contribution in [2.75, 3.05) is 18.1 Å². The van der Waals surface area contributed by atoms with Crippen molar-refractivity contribution in [3.8, 4) is 0 Å². The third-order valence-electron chi connectivity index (χ3n) is 1.92. The zero-order valence-electron chi connectivity index (χ0n) is 9.88. The number of amides is 1. The highest BCUT2D eigenvalue weighted by atomic mass is 32.2. The lowest BCUT2D eigenvalue weighted by atomic mass is 10.2. The third-order valence-corrected chi connectivity index (χ3v) is 3.06. The largest absolute Gasteiger partial charge is 0.351 e. The van der Waals surface area contributed by atoms with Crippen LogP contribution >= 0.6 is 11.8 Å². The molecule has 2 unspecified atom stereocenters. The molecular formula is C11H22N2OS. The quantitative estimate of drug-likeness (QED) is 0.619. The lowest BCUT2D eigenvalue weighted by molar-refractivity contribution is -0.122. The monoisotopic (exact) mass is 230 g/mol. The van der Waals surface area contributed by atoms with Gasteiger partial charge in [-0.25, -0.2) is 0 Å². The van der Waals surface area contributed by atoms with Crippen molar-refractivity contribution in [1.29, 1.82) is 0 Å². The molecule has 2 atom stereocenters. The molecular weight excluding hydrogens is 208 g/mol. The third kappa shape index (κ3) is 7.45. The van der Waals surface area contributed by atoms with Crippen LogP contribution in [-0.2, 0) is 4.79 Å². The summed E-state index contributed by atoms with van der Waals surface area (Å²) in [6.07, 6.45) is 1.68. The summed E-state index contributed by atoms with van der Waals surface area (Å²) in [4.78, 5) is 11.5. The summed E-state index contributed by atoms with van der Waals surface area (Å²) in [7, 11) is 0. The van der Waals surface area contributed by atoms with Gasteiger partial charge in [-0.1, -0.05) is 13.0 Å². The molecule has 0 saturated carbocycles. The molecule has 0 rings (SSSR count). The molecule has 0 heterocycles. The lowest BCUT2D eigenvalue weighted by Gasteiger charge is -2.18. The fourth-order valence-electron chi connectivity index (χ4n) is 1.17. The van der Waals surface area contributed by atoms with E-state index in [-0.39, 0.29) is 11.9 Å². The van der Waals surface area contributed by atoms with Crippen LogP contribution in [0.25, 0.3) is 0 Å². The van der Waals surface area contributed by atoms with E-state index in [1.165, 1.54) is 0 Å². The summed E-state index contributed by atoms with van der Waals surface area (Å²) in [5.74, 6) is 2.18. The minimum absolute atomic E-state index is 0.0308. The van der Waals surface area contributed by atoms with Crippen LogP contribution in [0.15, 0.2) is 12.7 Å². The zero-order valence-corrected chi connectivity index (χ0v) is 10.7. The molecule has 0 aromatic heterocycles. The lowest BCUT2D eigenvalue weighted by Crippen LogP contribution is -2.46. The number of hydrogen-bond donors (Lipinski definition) is 2. The van der Waals surface area contributed by atoms with Gasteiger partial charge >= 0.3 is 0 Å². The highest BCUT2D eigenvalue weighted by Gasteiger charge is 2.13. The first kappa shape index (κ1) is 14.5. The summed E-state index contributed by atoms with van der Waals surface area (Å²) in [6.45, 7) is 10.2. The molecule has 0 aromatic rings. The van der Waals surface area contributed by atoms with Crippen LogP contribution in [0.2, 0.25) is 0 Å². The molecule has 0 aromatic carbocycles. The van der Waals surface area contributed by atoms with Crippen molar-refractivity contribution >= 4 is 17.7 Å². The molecule has 0 fully saturated rings. The maximum absolute atomic E-state index is 11.5. The van der Waals surface area contributed by atoms with Gasteiger partial charge in [0.25, 0.3) is 0 Å². The molecule has 0 bridgehead atoms. The first-order valence-corrected chi connectivity index (χ1v) is 6.49. The topological polar surface area (TPSA) is 41.1 Å². The van der Waals surface area contributed by atoms with Gasteiger partial charge in [0.1, 0.15) is 0 Å². The van der Waals surface area contributed by atoms with Gasteiger partial charge < -0.3 is 10.6 Å². The van der Waals surface area contributed by atoms with E-state index in [2.05, 4.69) is 31.1 Å². The second-order valence-electron chi connectivity index (χ2n) is 3.48. The SMILES string of the molecule is C=CCNC(=O)C(C)NC(C)CSCC. The first-order chi connectivity index (χ1) is 7.11. The minimum Gasteiger partial charge on any atom is -0.351 e. The van der Waals surface area contributed by atoms with Crippen LogP contribution in [0.1, 0.15) is 20.8 Å². The second kappa shape index (κ2) is 8.80. The van der Waals surface area contributed by atoms with E-state index in [1.807, 2.05) is 18.7 Å². The van der Waals surface area contributed by atoms with E-state index in [0.29, 0.717) is 12.6 Å². The van der Waals surface area contributed by atoms with Crippen molar-refractivity contribution in [2.45, 2.75) is 32.9 Å². The molecule has 15 heavy (non-hydrogen) atoms. The molecule has 88 valence electrons. The number of thioether (sulfide) groups is 1. The smallest absolute Gasteiger partial charge is 0.237 e. The van der Waals surface area contributed by atoms with Gasteiger partial charge in [0.15, 0.2) is 0 Å². The average molecular weight is 230 g/mol. The van der Waals surface area contributed by atoms with Gasteiger partial charge in [0.05, 0.1) is 6.04 Å². The molecule has 1 amide bonds. The molecule has 0 spiro atoms. The van der Waals surface area contributed by atoms with E-state index >= 15 is 0 Å². The van der Waals surface area contributed by atoms with E-state index in [0.717, 1.165) is 11.5 Å². The predicted octanol–water partition coefficient (Wildman–Crippen LogP) is 1.41. The number of rotatable bonds is 8. The number of nitrogens with one attached hydrogen (secondary N) is 2. The zero-order chi connectivity index (χ0) is 11.7. The molecule has 2 N–H and O–H groups in total. The summed E-state index contributed by atoms with van der Waals surface area (Å²) in [5, 5.41) is 6.02. The Morgan fingerprint density at radius 2 is 2.20 bits per heavy atom. The highest BCUT2D eigenvalue weighted by molar-refractivity contribution is 7.99. The van der Waals surface area contributed by atoms with Gasteiger partial charge in [0.2, 0.25) is 5.91 Å². The molecule has 0 aliphatic heterocycles. The number of carbonyl (C=O) groups is 1. The Morgan fingerprint density at radius 3 is 2.73 bits per heavy atom. The van der Waals surface area contributed by atoms with Crippen molar-refractivity contribution < 1.29 is 4.79 Å². The van der Waals surface area contributed by atoms with Crippen LogP contribution in [0.4, 0.5) is 0 Å². The fourth-order valence-corrected chi connectivity index (χ4v) is 1.86. The molecule has 0 aliphatic carbocycles. The Kier molecular flexibility index (Phi) is 8.52. The van der Waals surface area contributed by atoms with Crippen LogP contribution in [-0.4, -0.2) is 36.0 Å². The molecule has 3 nitrogen and oxygen atoms in total. The van der Waals surface area contributed by atoms with Crippen LogP contribution in [0.5, 0.6) is 0 Å². The van der Waals surface area contributed by atoms with Crippen LogP contribution in [0.3, 0.4) is 0 Å². The van der Waals surface area contributed by atoms with Gasteiger partial charge in [-0.05, 0) is 19.6 Å². The highest BCUT2D eigenvalue weighted by Crippen LogP contribution is 2.01. The maximum atomic E-state index is 11.5. The molecule has 0 saturated heterocycles. The Morgan fingerprint density at radius 1 is 1.53 bits per heavy atom. The van der Waals surface area contributed by atoms with Gasteiger partial charge in [-0.2, -0.15) is 11.8 Å². The van der Waals surface area contributed by atoms with Gasteiger partial charge in [-0.15, -0.1) is 6.58 Å². The van der Waals surface area contributed by atoms with E-state index in [9.17, 15) is 4.79 Å². The maximum Gasteiger partial charge on any atom is 0.237 e. The van der Waals surface area contributed by atoms with E-state index < -0.39 is 0 Å². The van der Waals surface area contributed by atoms with Crippen LogP contribution < -0.4 is 10.6 Å². The summed E-state index contributed by atoms with van der Waals surface area (Å²) in [6, 6.07) is 0.219. The summed E-state index contributed by atoms with van der Waals surface area (Å²) < 4.78 is 0. The van der Waals surface area contributed by atoms with Crippen molar-refractivity contribution in [2.24, 2.45) is 0 Å². The van der Waals surface area contributed by atoms with E-state index in [4.69, 9.17) is 0 Å². The van der Waals surface area contributed by atoms with Gasteiger partial charge in [0, 0.05) is 18.3 Å². The normalized spacial score (nSPS) is 14.3. The Hall–Kier alpha value is -0.480. The van der Waals surface area contributed by atoms with Crippen LogP contribution in [0, 0.1) is 0 Å². The second-order valence-corrected chi connectivity index (χ2v) is 4.80. The van der Waals surface area contributed by atoms with Gasteiger partial charge in [-0.3, -0.25) is 4.79 Å². The summed E-state index contributed by atoms with van der Waals surface area (Å²) >= 11 is 1.88. The van der Waals surface area contributed by atoms with Crippen molar-refractivity contribution in [3.05, 3.63) is 12.7 Å². The Bertz CT molecular complexity index is 197. The molecule has 0 aliphatic rings. The Balaban J connectivity index is 3.74. The van der Waals surface area contributed by atoms with Crippen molar-refractivity contribution in [1.82, 2.24) is 10.6 Å². The minimum atomic E-state index is -0.141. The Labute approximate surface area is 97.1 Å². The summed E-state index contributed by atoms with van der Waals surface area (Å²) in [5.41, 5.74) is 0. The average Bonchev–Trinajstić information content (AvgIpc) is 2.22. The van der Waals surface area contributed by atoms with E-state index in [1.54, 1.807) is 6.08 Å². The van der Waals surface area contributed by atoms with Crippen molar-refractivity contribution in [3.63, 3.8) is 0 Å². The number of hydrogen-bond acceptors (Lipinski definition) is 3. The standard InChI is InChI=1S/C11H22N2OS/c1-5-7-12-11(14)10(4)13-9(3)8-15-6-2/h5,9-10,13H,1,6-8H2,2-4H3,(H,12,14). The fraction of sp³-hybridized carbons (Fsp3) is 0.727.